The number of anilines is 1. The highest BCUT2D eigenvalue weighted by Crippen LogP contribution is 2.21. The lowest BCUT2D eigenvalue weighted by molar-refractivity contribution is 0.102. The third-order valence-corrected chi connectivity index (χ3v) is 3.53. The lowest BCUT2D eigenvalue weighted by Gasteiger charge is -2.05. The van der Waals surface area contributed by atoms with Crippen molar-refractivity contribution in [2.45, 2.75) is 6.54 Å². The average Bonchev–Trinajstić information content (AvgIpc) is 2.99. The number of hydrogen-bond donors (Lipinski definition) is 1. The van der Waals surface area contributed by atoms with Gasteiger partial charge < -0.3 is 5.32 Å². The van der Waals surface area contributed by atoms with E-state index in [0.717, 1.165) is 5.56 Å². The highest BCUT2D eigenvalue weighted by Gasteiger charge is 2.10. The molecule has 0 atom stereocenters. The first-order valence-corrected chi connectivity index (χ1v) is 7.22. The number of benzene rings is 2. The van der Waals surface area contributed by atoms with Gasteiger partial charge in [0.1, 0.15) is 0 Å². The first-order chi connectivity index (χ1) is 10.7. The van der Waals surface area contributed by atoms with E-state index >= 15 is 0 Å². The molecule has 0 fully saturated rings. The molecule has 0 aliphatic carbocycles. The van der Waals surface area contributed by atoms with Crippen molar-refractivity contribution in [2.75, 3.05) is 5.32 Å². The van der Waals surface area contributed by atoms with Gasteiger partial charge >= 0.3 is 0 Å². The molecule has 0 radical (unpaired) electrons. The molecule has 1 heterocycles. The lowest BCUT2D eigenvalue weighted by Crippen LogP contribution is -2.11. The molecular formula is C17H14ClN3O. The highest BCUT2D eigenvalue weighted by atomic mass is 35.5. The van der Waals surface area contributed by atoms with Crippen molar-refractivity contribution < 1.29 is 4.79 Å². The third-order valence-electron chi connectivity index (χ3n) is 3.20. The second kappa shape index (κ2) is 6.45. The highest BCUT2D eigenvalue weighted by molar-refractivity contribution is 6.33. The Kier molecular flexibility index (Phi) is 4.21. The summed E-state index contributed by atoms with van der Waals surface area (Å²) in [6, 6.07) is 17.1. The second-order valence-corrected chi connectivity index (χ2v) is 5.25. The van der Waals surface area contributed by atoms with Crippen LogP contribution in [0.4, 0.5) is 5.69 Å². The van der Waals surface area contributed by atoms with Crippen molar-refractivity contribution in [3.63, 3.8) is 0 Å². The van der Waals surface area contributed by atoms with E-state index in [1.807, 2.05) is 42.5 Å². The van der Waals surface area contributed by atoms with Gasteiger partial charge in [-0.3, -0.25) is 9.48 Å². The number of aromatic nitrogens is 2. The molecule has 5 heteroatoms. The summed E-state index contributed by atoms with van der Waals surface area (Å²) < 4.78 is 1.73. The molecule has 0 saturated carbocycles. The van der Waals surface area contributed by atoms with Crippen LogP contribution in [0.15, 0.2) is 67.0 Å². The van der Waals surface area contributed by atoms with E-state index in [1.54, 1.807) is 29.2 Å². The van der Waals surface area contributed by atoms with Crippen molar-refractivity contribution in [1.82, 2.24) is 9.78 Å². The Morgan fingerprint density at radius 3 is 2.59 bits per heavy atom. The maximum absolute atomic E-state index is 12.2. The Balaban J connectivity index is 1.71. The number of nitrogens with zero attached hydrogens (tertiary/aromatic N) is 2. The minimum atomic E-state index is -0.229. The van der Waals surface area contributed by atoms with Crippen LogP contribution in [0.3, 0.4) is 0 Å². The summed E-state index contributed by atoms with van der Waals surface area (Å²) in [4.78, 5) is 12.2. The second-order valence-electron chi connectivity index (χ2n) is 4.85. The van der Waals surface area contributed by atoms with Crippen molar-refractivity contribution in [2.24, 2.45) is 0 Å². The molecule has 0 bridgehead atoms. The number of halogens is 1. The van der Waals surface area contributed by atoms with Gasteiger partial charge in [0.15, 0.2) is 0 Å². The van der Waals surface area contributed by atoms with E-state index in [0.29, 0.717) is 22.8 Å². The van der Waals surface area contributed by atoms with Crippen molar-refractivity contribution in [1.29, 1.82) is 0 Å². The fraction of sp³-hybridized carbons (Fsp3) is 0.0588. The fourth-order valence-electron chi connectivity index (χ4n) is 2.09. The summed E-state index contributed by atoms with van der Waals surface area (Å²) in [5.41, 5.74) is 2.21. The smallest absolute Gasteiger partial charge is 0.258 e. The Bertz CT molecular complexity index is 783. The van der Waals surface area contributed by atoms with Gasteiger partial charge in [-0.05, 0) is 17.7 Å². The van der Waals surface area contributed by atoms with Crippen molar-refractivity contribution in [3.05, 3.63) is 83.1 Å². The predicted molar refractivity (Wildman–Crippen MR) is 87.2 cm³/mol. The van der Waals surface area contributed by atoms with Crippen LogP contribution in [0.5, 0.6) is 0 Å². The van der Waals surface area contributed by atoms with Gasteiger partial charge in [-0.1, -0.05) is 54.1 Å². The van der Waals surface area contributed by atoms with E-state index < -0.39 is 0 Å². The topological polar surface area (TPSA) is 46.9 Å². The van der Waals surface area contributed by atoms with E-state index in [-0.39, 0.29) is 5.91 Å². The van der Waals surface area contributed by atoms with Crippen LogP contribution < -0.4 is 5.32 Å². The van der Waals surface area contributed by atoms with Gasteiger partial charge in [0, 0.05) is 6.20 Å². The first kappa shape index (κ1) is 14.4. The van der Waals surface area contributed by atoms with E-state index in [1.165, 1.54) is 0 Å². The molecular weight excluding hydrogens is 298 g/mol. The summed E-state index contributed by atoms with van der Waals surface area (Å²) in [5, 5.41) is 7.51. The van der Waals surface area contributed by atoms with E-state index in [2.05, 4.69) is 10.4 Å². The van der Waals surface area contributed by atoms with Crippen LogP contribution in [0.25, 0.3) is 0 Å². The Labute approximate surface area is 133 Å². The molecule has 1 aromatic heterocycles. The van der Waals surface area contributed by atoms with Crippen LogP contribution in [-0.4, -0.2) is 15.7 Å². The first-order valence-electron chi connectivity index (χ1n) is 6.84. The van der Waals surface area contributed by atoms with Crippen molar-refractivity contribution in [3.8, 4) is 0 Å². The lowest BCUT2D eigenvalue weighted by atomic mass is 10.2. The summed E-state index contributed by atoms with van der Waals surface area (Å²) >= 11 is 6.03. The molecule has 3 rings (SSSR count). The number of amides is 1. The van der Waals surface area contributed by atoms with Gasteiger partial charge in [-0.25, -0.2) is 0 Å². The molecule has 0 aliphatic heterocycles. The summed E-state index contributed by atoms with van der Waals surface area (Å²) in [6.45, 7) is 0.625. The molecule has 0 spiro atoms. The summed E-state index contributed by atoms with van der Waals surface area (Å²) in [5.74, 6) is -0.229. The Hall–Kier alpha value is -2.59. The molecule has 3 aromatic rings. The molecule has 0 unspecified atom stereocenters. The van der Waals surface area contributed by atoms with Gasteiger partial charge in [0.25, 0.3) is 5.91 Å². The molecule has 2 aromatic carbocycles. The molecule has 1 N–H and O–H groups in total. The number of carbonyl (C=O) groups is 1. The molecule has 0 aliphatic rings. The van der Waals surface area contributed by atoms with Gasteiger partial charge in [-0.2, -0.15) is 5.10 Å². The van der Waals surface area contributed by atoms with Crippen LogP contribution >= 0.6 is 11.6 Å². The summed E-state index contributed by atoms with van der Waals surface area (Å²) in [6.07, 6.45) is 3.27. The maximum Gasteiger partial charge on any atom is 0.258 e. The SMILES string of the molecule is O=C(Nc1ccccc1Cl)c1cnn(Cc2ccccc2)c1. The molecule has 1 amide bonds. The Morgan fingerprint density at radius 1 is 1.09 bits per heavy atom. The molecule has 4 nitrogen and oxygen atoms in total. The van der Waals surface area contributed by atoms with Crippen molar-refractivity contribution >= 4 is 23.2 Å². The number of carbonyl (C=O) groups excluding carboxylic acids is 1. The van der Waals surface area contributed by atoms with Crippen LogP contribution in [0.2, 0.25) is 5.02 Å². The normalized spacial score (nSPS) is 10.4. The van der Waals surface area contributed by atoms with Gasteiger partial charge in [-0.15, -0.1) is 0 Å². The van der Waals surface area contributed by atoms with Crippen LogP contribution in [0, 0.1) is 0 Å². The van der Waals surface area contributed by atoms with Crippen LogP contribution in [-0.2, 0) is 6.54 Å². The molecule has 0 saturated heterocycles. The minimum Gasteiger partial charge on any atom is -0.321 e. The third kappa shape index (κ3) is 3.35. The number of para-hydroxylation sites is 1. The Morgan fingerprint density at radius 2 is 1.82 bits per heavy atom. The van der Waals surface area contributed by atoms with E-state index in [9.17, 15) is 4.79 Å². The zero-order valence-electron chi connectivity index (χ0n) is 11.7. The van der Waals surface area contributed by atoms with Crippen LogP contribution in [0.1, 0.15) is 15.9 Å². The van der Waals surface area contributed by atoms with Gasteiger partial charge in [0.05, 0.1) is 29.0 Å². The zero-order chi connectivity index (χ0) is 15.4. The summed E-state index contributed by atoms with van der Waals surface area (Å²) in [7, 11) is 0. The van der Waals surface area contributed by atoms with Gasteiger partial charge in [0.2, 0.25) is 0 Å². The largest absolute Gasteiger partial charge is 0.321 e. The zero-order valence-corrected chi connectivity index (χ0v) is 12.5. The number of rotatable bonds is 4. The minimum absolute atomic E-state index is 0.229. The predicted octanol–water partition coefficient (Wildman–Crippen LogP) is 3.84. The quantitative estimate of drug-likeness (QED) is 0.796. The molecule has 22 heavy (non-hydrogen) atoms. The maximum atomic E-state index is 12.2. The fourth-order valence-corrected chi connectivity index (χ4v) is 2.28. The average molecular weight is 312 g/mol. The number of nitrogens with one attached hydrogen (secondary N) is 1. The number of hydrogen-bond acceptors (Lipinski definition) is 2. The standard InChI is InChI=1S/C17H14ClN3O/c18-15-8-4-5-9-16(15)20-17(22)14-10-19-21(12-14)11-13-6-2-1-3-7-13/h1-10,12H,11H2,(H,20,22). The van der Waals surface area contributed by atoms with E-state index in [4.69, 9.17) is 11.6 Å². The monoisotopic (exact) mass is 311 g/mol. The molecule has 110 valence electrons.